The number of nitrogens with zero attached hydrogens (tertiary/aromatic N) is 16. The predicted octanol–water partition coefficient (Wildman–Crippen LogP) is 10.4. The van der Waals surface area contributed by atoms with Crippen LogP contribution in [0.3, 0.4) is 0 Å². The monoisotopic (exact) mass is 1610 g/mol. The molecule has 5 aliphatic rings. The molecule has 9 N–H and O–H groups in total. The number of hydrogen-bond acceptors (Lipinski definition) is 27. The van der Waals surface area contributed by atoms with Crippen molar-refractivity contribution in [1.82, 2.24) is 86.1 Å². The Balaban J connectivity index is 0.000000118. The largest absolute Gasteiger partial charge is 0.497 e. The van der Waals surface area contributed by atoms with Crippen LogP contribution < -0.4 is 71.6 Å². The lowest BCUT2D eigenvalue weighted by atomic mass is 10.1. The van der Waals surface area contributed by atoms with Crippen molar-refractivity contribution in [2.75, 3.05) is 159 Å². The Morgan fingerprint density at radius 1 is 0.420 bits per heavy atom. The average Bonchev–Trinajstić information content (AvgIpc) is 1.64. The molecule has 4 fully saturated rings. The van der Waals surface area contributed by atoms with Crippen molar-refractivity contribution in [3.8, 4) is 57.1 Å². The molecule has 14 aromatic rings. The highest BCUT2D eigenvalue weighted by Gasteiger charge is 2.25. The zero-order valence-electron chi connectivity index (χ0n) is 65.1. The third-order valence-corrected chi connectivity index (χ3v) is 21.3. The van der Waals surface area contributed by atoms with Gasteiger partial charge in [0, 0.05) is 205 Å². The van der Waals surface area contributed by atoms with E-state index >= 15 is 0 Å². The minimum atomic E-state index is -0.299. The van der Waals surface area contributed by atoms with Gasteiger partial charge in [-0.05, 0) is 144 Å². The summed E-state index contributed by atoms with van der Waals surface area (Å²) in [6.45, 7) is 15.0. The van der Waals surface area contributed by atoms with Gasteiger partial charge in [-0.1, -0.05) is 12.1 Å². The zero-order chi connectivity index (χ0) is 81.1. The first-order valence-electron chi connectivity index (χ1n) is 39.2. The maximum atomic E-state index is 13.0. The fraction of sp³-hybridized carbons (Fsp3) is 0.218. The molecule has 600 valence electrons. The summed E-state index contributed by atoms with van der Waals surface area (Å²) in [6.07, 6.45) is 22.9. The molecular formula is C87H85N25O6S. The van der Waals surface area contributed by atoms with E-state index in [1.165, 1.54) is 4.70 Å². The van der Waals surface area contributed by atoms with Gasteiger partial charge in [0.1, 0.15) is 34.3 Å². The molecule has 0 saturated carbocycles. The van der Waals surface area contributed by atoms with Gasteiger partial charge < -0.3 is 76.6 Å². The lowest BCUT2D eigenvalue weighted by molar-refractivity contribution is 0.101. The minimum absolute atomic E-state index is 0.278. The lowest BCUT2D eigenvalue weighted by Crippen LogP contribution is -2.43. The first kappa shape index (κ1) is 78.7. The van der Waals surface area contributed by atoms with Gasteiger partial charge in [-0.2, -0.15) is 0 Å². The molecule has 4 saturated heterocycles. The number of rotatable bonds is 17. The maximum absolute atomic E-state index is 13.0. The van der Waals surface area contributed by atoms with E-state index in [4.69, 9.17) is 9.47 Å². The topological polar surface area (TPSA) is 366 Å². The van der Waals surface area contributed by atoms with Gasteiger partial charge in [0.2, 0.25) is 0 Å². The van der Waals surface area contributed by atoms with Crippen LogP contribution in [0.25, 0.3) is 66.5 Å². The first-order chi connectivity index (χ1) is 58.6. The van der Waals surface area contributed by atoms with Crippen LogP contribution in [0.15, 0.2) is 225 Å². The molecular weight excluding hydrogens is 1520 g/mol. The van der Waals surface area contributed by atoms with Crippen molar-refractivity contribution in [3.63, 3.8) is 0 Å². The van der Waals surface area contributed by atoms with Crippen molar-refractivity contribution < 1.29 is 28.7 Å². The Labute approximate surface area is 689 Å². The number of pyridine rings is 4. The van der Waals surface area contributed by atoms with Crippen LogP contribution in [0.4, 0.5) is 45.5 Å². The van der Waals surface area contributed by atoms with Crippen molar-refractivity contribution in [3.05, 3.63) is 254 Å². The number of benzene rings is 4. The number of aromatic nitrogens is 13. The van der Waals surface area contributed by atoms with Crippen LogP contribution in [-0.4, -0.2) is 207 Å². The van der Waals surface area contributed by atoms with Crippen LogP contribution in [0, 0.1) is 0 Å². The number of ether oxygens (including phenoxy) is 2. The standard InChI is InChI=1S/C22H21N7O.C22H22N6O2.C22H20N6OS.C21H22N6O2/c30-22(28-19-14-24-7-6-20(19)29-12-10-23-11-13-29)18-5-9-26-21(27-18)16-2-1-3-17-15(16)4-8-25-17;2*29-22(27-18-14-24-6-4-19(18)28-10-8-23-9-11-28)17-3-7-25-21(26-17)16-1-2-20-15(13-16)5-12-30-20;1-29-16-4-2-15(3-5-16)20-24-9-6-17(25-20)21(28)26-18-14-23-8-7-19(18)27-12-10-22-11-13-27/h1-9,14,23,25H,10-13H2,(H,28,30);1-4,6-7,13-14,23H,5,8-12H2,(H,27,29);1-7,12-14,23H,8-11H2,(H,27,29);2-9,14,22H,10-13H2,1H3,(H,26,28). The summed E-state index contributed by atoms with van der Waals surface area (Å²) in [5, 5.41) is 29.4. The van der Waals surface area contributed by atoms with Crippen molar-refractivity contribution >= 4 is 101 Å². The van der Waals surface area contributed by atoms with Crippen LogP contribution in [0.2, 0.25) is 0 Å². The number of amides is 4. The minimum Gasteiger partial charge on any atom is -0.497 e. The van der Waals surface area contributed by atoms with Crippen molar-refractivity contribution in [2.24, 2.45) is 0 Å². The number of hydrogen-bond donors (Lipinski definition) is 9. The maximum Gasteiger partial charge on any atom is 0.274 e. The third-order valence-electron chi connectivity index (χ3n) is 20.4. The van der Waals surface area contributed by atoms with Crippen LogP contribution in [0.5, 0.6) is 11.5 Å². The molecule has 0 radical (unpaired) electrons. The van der Waals surface area contributed by atoms with Gasteiger partial charge in [0.15, 0.2) is 23.3 Å². The summed E-state index contributed by atoms with van der Waals surface area (Å²) < 4.78 is 11.9. The third kappa shape index (κ3) is 19.4. The number of anilines is 8. The highest BCUT2D eigenvalue weighted by molar-refractivity contribution is 7.17. The van der Waals surface area contributed by atoms with Gasteiger partial charge in [0.05, 0.1) is 84.0 Å². The zero-order valence-corrected chi connectivity index (χ0v) is 65.9. The number of H-pyrrole nitrogens is 1. The van der Waals surface area contributed by atoms with Crippen LogP contribution in [0.1, 0.15) is 47.5 Å². The molecule has 0 atom stereocenters. The average molecular weight is 1610 g/mol. The number of thiophene rings is 1. The molecule has 5 aliphatic heterocycles. The molecule has 0 unspecified atom stereocenters. The second-order valence-electron chi connectivity index (χ2n) is 28.0. The highest BCUT2D eigenvalue weighted by Crippen LogP contribution is 2.34. The first-order valence-corrected chi connectivity index (χ1v) is 40.1. The normalized spacial score (nSPS) is 14.3. The van der Waals surface area contributed by atoms with E-state index in [1.807, 2.05) is 109 Å². The summed E-state index contributed by atoms with van der Waals surface area (Å²) >= 11 is 1.69. The summed E-state index contributed by atoms with van der Waals surface area (Å²) in [4.78, 5) is 116. The number of carbonyl (C=O) groups excluding carboxylic acids is 4. The van der Waals surface area contributed by atoms with Gasteiger partial charge in [-0.3, -0.25) is 39.1 Å². The Morgan fingerprint density at radius 2 is 0.824 bits per heavy atom. The Morgan fingerprint density at radius 3 is 1.27 bits per heavy atom. The van der Waals surface area contributed by atoms with E-state index in [2.05, 4.69) is 144 Å². The number of aromatic amines is 1. The number of piperazine rings is 4. The fourth-order valence-corrected chi connectivity index (χ4v) is 15.1. The number of carbonyl (C=O) groups is 4. The molecule has 119 heavy (non-hydrogen) atoms. The predicted molar refractivity (Wildman–Crippen MR) is 462 cm³/mol. The molecule has 4 aromatic carbocycles. The van der Waals surface area contributed by atoms with Gasteiger partial charge in [-0.15, -0.1) is 11.3 Å². The second kappa shape index (κ2) is 38.1. The van der Waals surface area contributed by atoms with Crippen molar-refractivity contribution in [1.29, 1.82) is 0 Å². The van der Waals surface area contributed by atoms with E-state index in [-0.39, 0.29) is 23.6 Å². The number of fused-ring (bicyclic) bond motifs is 3. The number of nitrogens with one attached hydrogen (secondary N) is 9. The van der Waals surface area contributed by atoms with E-state index < -0.39 is 0 Å². The molecule has 19 rings (SSSR count). The van der Waals surface area contributed by atoms with E-state index in [0.29, 0.717) is 75.4 Å². The Kier molecular flexibility index (Phi) is 25.2. The molecule has 15 heterocycles. The summed E-state index contributed by atoms with van der Waals surface area (Å²) in [6, 6.07) is 43.5. The summed E-state index contributed by atoms with van der Waals surface area (Å²) in [5.41, 5.74) is 13.4. The number of methoxy groups -OCH3 is 1. The Bertz CT molecular complexity index is 5890. The second-order valence-corrected chi connectivity index (χ2v) is 28.9. The molecule has 0 aliphatic carbocycles. The van der Waals surface area contributed by atoms with E-state index in [9.17, 15) is 19.2 Å². The molecule has 10 aromatic heterocycles. The summed E-state index contributed by atoms with van der Waals surface area (Å²) in [5.74, 6) is 2.55. The van der Waals surface area contributed by atoms with Gasteiger partial charge in [-0.25, -0.2) is 39.9 Å². The van der Waals surface area contributed by atoms with E-state index in [1.54, 1.807) is 117 Å². The fourth-order valence-electron chi connectivity index (χ4n) is 14.3. The van der Waals surface area contributed by atoms with Gasteiger partial charge in [0.25, 0.3) is 23.6 Å². The van der Waals surface area contributed by atoms with Gasteiger partial charge >= 0.3 is 0 Å². The van der Waals surface area contributed by atoms with E-state index in [0.717, 1.165) is 189 Å². The molecule has 0 spiro atoms. The van der Waals surface area contributed by atoms with Crippen LogP contribution in [-0.2, 0) is 6.42 Å². The molecule has 31 nitrogen and oxygen atoms in total. The quantitative estimate of drug-likeness (QED) is 0.0409. The smallest absolute Gasteiger partial charge is 0.274 e. The lowest BCUT2D eigenvalue weighted by Gasteiger charge is -2.30. The van der Waals surface area contributed by atoms with Crippen LogP contribution >= 0.6 is 11.3 Å². The SMILES string of the molecule is COc1ccc(-c2nccc(C(=O)Nc3cnccc3N3CCNCC3)n2)cc1.O=C(Nc1cnccc1N1CCNCC1)c1ccnc(-c2ccc3c(c2)CCO3)n1.O=C(Nc1cnccc1N1CCNCC1)c1ccnc(-c2ccc3sccc3c2)n1.O=C(Nc1cnccc1N1CCNCC1)c1ccnc(-c2cccc3[nH]ccc23)n1. The molecule has 0 bridgehead atoms. The molecule has 4 amide bonds. The molecule has 32 heteroatoms. The van der Waals surface area contributed by atoms with Crippen molar-refractivity contribution in [2.45, 2.75) is 6.42 Å². The highest BCUT2D eigenvalue weighted by atomic mass is 32.1. The summed E-state index contributed by atoms with van der Waals surface area (Å²) in [7, 11) is 1.61. The Hall–Kier alpha value is -14.2.